The van der Waals surface area contributed by atoms with Crippen LogP contribution in [-0.2, 0) is 0 Å². The fourth-order valence-corrected chi connectivity index (χ4v) is 2.81. The number of nitrogens with zero attached hydrogens (tertiary/aromatic N) is 2. The first-order valence-corrected chi connectivity index (χ1v) is 7.98. The van der Waals surface area contributed by atoms with Gasteiger partial charge in [-0.15, -0.1) is 0 Å². The van der Waals surface area contributed by atoms with Crippen molar-refractivity contribution in [1.82, 2.24) is 9.72 Å². The van der Waals surface area contributed by atoms with Crippen molar-refractivity contribution in [3.8, 4) is 11.6 Å². The first kappa shape index (κ1) is 16.8. The average Bonchev–Trinajstić information content (AvgIpc) is 3.15. The van der Waals surface area contributed by atoms with Gasteiger partial charge in [0.15, 0.2) is 11.6 Å². The number of aryl methyl sites for hydroxylation is 2. The van der Waals surface area contributed by atoms with Gasteiger partial charge in [-0.1, -0.05) is 17.3 Å². The molecule has 0 saturated carbocycles. The highest BCUT2D eigenvalue weighted by Gasteiger charge is 2.12. The molecule has 2 heterocycles. The first-order valence-electron chi connectivity index (χ1n) is 7.98. The molecule has 0 N–H and O–H groups in total. The Balaban J connectivity index is 1.88. The van der Waals surface area contributed by atoms with Crippen LogP contribution in [0, 0.1) is 20.8 Å². The predicted molar refractivity (Wildman–Crippen MR) is 96.4 cm³/mol. The number of allylic oxidation sites excluding steroid dienone is 1. The Morgan fingerprint density at radius 2 is 2.00 bits per heavy atom. The lowest BCUT2D eigenvalue weighted by molar-refractivity contribution is 0.104. The molecule has 0 unspecified atom stereocenters. The van der Waals surface area contributed by atoms with Crippen LogP contribution in [0.15, 0.2) is 47.0 Å². The highest BCUT2D eigenvalue weighted by Crippen LogP contribution is 2.22. The van der Waals surface area contributed by atoms with E-state index in [0.717, 1.165) is 28.5 Å². The SMILES string of the molecule is COc1cccc(C(=O)/C=C/c2cc(C)n(-c3cc(C)on3)c2C)c1. The van der Waals surface area contributed by atoms with E-state index in [1.165, 1.54) is 0 Å². The lowest BCUT2D eigenvalue weighted by Crippen LogP contribution is -1.99. The minimum Gasteiger partial charge on any atom is -0.497 e. The van der Waals surface area contributed by atoms with Crippen molar-refractivity contribution in [3.05, 3.63) is 70.7 Å². The Kier molecular flexibility index (Phi) is 4.57. The molecule has 3 rings (SSSR count). The number of aromatic nitrogens is 2. The number of carbonyl (C=O) groups excluding carboxylic acids is 1. The molecular formula is C20H20N2O3. The van der Waals surface area contributed by atoms with E-state index in [-0.39, 0.29) is 5.78 Å². The van der Waals surface area contributed by atoms with Gasteiger partial charge < -0.3 is 9.26 Å². The molecule has 0 atom stereocenters. The molecule has 0 aliphatic rings. The van der Waals surface area contributed by atoms with Crippen molar-refractivity contribution >= 4 is 11.9 Å². The van der Waals surface area contributed by atoms with Crippen molar-refractivity contribution in [2.45, 2.75) is 20.8 Å². The maximum Gasteiger partial charge on any atom is 0.185 e. The number of ether oxygens (including phenoxy) is 1. The van der Waals surface area contributed by atoms with Crippen molar-refractivity contribution in [2.24, 2.45) is 0 Å². The summed E-state index contributed by atoms with van der Waals surface area (Å²) in [5.41, 5.74) is 3.59. The molecule has 128 valence electrons. The molecule has 5 heteroatoms. The third-order valence-electron chi connectivity index (χ3n) is 4.08. The number of hydrogen-bond acceptors (Lipinski definition) is 4. The molecule has 0 bridgehead atoms. The van der Waals surface area contributed by atoms with Gasteiger partial charge in [-0.25, -0.2) is 0 Å². The number of benzene rings is 1. The number of methoxy groups -OCH3 is 1. The van der Waals surface area contributed by atoms with E-state index in [0.29, 0.717) is 11.3 Å². The maximum atomic E-state index is 12.4. The van der Waals surface area contributed by atoms with Gasteiger partial charge in [0.1, 0.15) is 11.5 Å². The summed E-state index contributed by atoms with van der Waals surface area (Å²) in [7, 11) is 1.58. The van der Waals surface area contributed by atoms with Crippen molar-refractivity contribution in [3.63, 3.8) is 0 Å². The van der Waals surface area contributed by atoms with Crippen molar-refractivity contribution in [1.29, 1.82) is 0 Å². The van der Waals surface area contributed by atoms with Gasteiger partial charge in [0.2, 0.25) is 0 Å². The molecule has 0 radical (unpaired) electrons. The lowest BCUT2D eigenvalue weighted by atomic mass is 10.1. The van der Waals surface area contributed by atoms with Crippen LogP contribution in [0.25, 0.3) is 11.9 Å². The van der Waals surface area contributed by atoms with Gasteiger partial charge >= 0.3 is 0 Å². The monoisotopic (exact) mass is 336 g/mol. The molecule has 25 heavy (non-hydrogen) atoms. The third kappa shape index (κ3) is 3.40. The number of hydrogen-bond donors (Lipinski definition) is 0. The van der Waals surface area contributed by atoms with E-state index in [2.05, 4.69) is 5.16 Å². The normalized spacial score (nSPS) is 11.2. The van der Waals surface area contributed by atoms with Crippen LogP contribution in [0.3, 0.4) is 0 Å². The summed E-state index contributed by atoms with van der Waals surface area (Å²) in [6.45, 7) is 5.85. The quantitative estimate of drug-likeness (QED) is 0.515. The smallest absolute Gasteiger partial charge is 0.185 e. The standard InChI is InChI=1S/C20H20N2O3/c1-13-10-16(15(3)22(13)20-11-14(2)25-21-20)8-9-19(23)17-6-5-7-18(12-17)24-4/h5-12H,1-4H3/b9-8+. The zero-order chi connectivity index (χ0) is 18.0. The van der Waals surface area contributed by atoms with Gasteiger partial charge in [0, 0.05) is 23.0 Å². The maximum absolute atomic E-state index is 12.4. The van der Waals surface area contributed by atoms with Crippen molar-refractivity contribution in [2.75, 3.05) is 7.11 Å². The zero-order valence-corrected chi connectivity index (χ0v) is 14.7. The van der Waals surface area contributed by atoms with Gasteiger partial charge in [0.05, 0.1) is 7.11 Å². The van der Waals surface area contributed by atoms with Gasteiger partial charge in [-0.05, 0) is 56.7 Å². The molecular weight excluding hydrogens is 316 g/mol. The van der Waals surface area contributed by atoms with Crippen LogP contribution in [-0.4, -0.2) is 22.6 Å². The summed E-state index contributed by atoms with van der Waals surface area (Å²) in [6.07, 6.45) is 3.41. The second-order valence-corrected chi connectivity index (χ2v) is 5.89. The molecule has 0 aliphatic heterocycles. The highest BCUT2D eigenvalue weighted by molar-refractivity contribution is 6.07. The Bertz CT molecular complexity index is 948. The van der Waals surface area contributed by atoms with Crippen LogP contribution in [0.4, 0.5) is 0 Å². The van der Waals surface area contributed by atoms with Gasteiger partial charge in [-0.3, -0.25) is 9.36 Å². The molecule has 0 amide bonds. The van der Waals surface area contributed by atoms with Crippen molar-refractivity contribution < 1.29 is 14.1 Å². The Morgan fingerprint density at radius 3 is 2.68 bits per heavy atom. The molecule has 3 aromatic rings. The molecule has 0 saturated heterocycles. The minimum atomic E-state index is -0.0685. The predicted octanol–water partition coefficient (Wildman–Crippen LogP) is 4.30. The molecule has 5 nitrogen and oxygen atoms in total. The van der Waals surface area contributed by atoms with Crippen LogP contribution in [0.2, 0.25) is 0 Å². The van der Waals surface area contributed by atoms with E-state index in [9.17, 15) is 4.79 Å². The van der Waals surface area contributed by atoms with E-state index < -0.39 is 0 Å². The van der Waals surface area contributed by atoms with E-state index in [1.807, 2.05) is 49.6 Å². The molecule has 0 fully saturated rings. The fourth-order valence-electron chi connectivity index (χ4n) is 2.81. The summed E-state index contributed by atoms with van der Waals surface area (Å²) < 4.78 is 12.3. The average molecular weight is 336 g/mol. The summed E-state index contributed by atoms with van der Waals surface area (Å²) in [5.74, 6) is 2.10. The number of rotatable bonds is 5. The molecule has 0 aliphatic carbocycles. The number of carbonyl (C=O) groups is 1. The second kappa shape index (κ2) is 6.81. The topological polar surface area (TPSA) is 57.3 Å². The van der Waals surface area contributed by atoms with Gasteiger partial charge in [0.25, 0.3) is 0 Å². The molecule has 0 spiro atoms. The Hall–Kier alpha value is -3.08. The third-order valence-corrected chi connectivity index (χ3v) is 4.08. The minimum absolute atomic E-state index is 0.0685. The van der Waals surface area contributed by atoms with Crippen LogP contribution in [0.1, 0.15) is 33.1 Å². The molecule has 2 aromatic heterocycles. The summed E-state index contributed by atoms with van der Waals surface area (Å²) >= 11 is 0. The second-order valence-electron chi connectivity index (χ2n) is 5.89. The number of ketones is 1. The van der Waals surface area contributed by atoms with E-state index in [1.54, 1.807) is 31.4 Å². The molecule has 1 aromatic carbocycles. The highest BCUT2D eigenvalue weighted by atomic mass is 16.5. The fraction of sp³-hybridized carbons (Fsp3) is 0.200. The summed E-state index contributed by atoms with van der Waals surface area (Å²) in [4.78, 5) is 12.4. The Morgan fingerprint density at radius 1 is 1.20 bits per heavy atom. The van der Waals surface area contributed by atoms with E-state index in [4.69, 9.17) is 9.26 Å². The summed E-state index contributed by atoms with van der Waals surface area (Å²) in [5, 5.41) is 4.07. The first-order chi connectivity index (χ1) is 12.0. The largest absolute Gasteiger partial charge is 0.497 e. The Labute approximate surface area is 146 Å². The van der Waals surface area contributed by atoms with E-state index >= 15 is 0 Å². The lowest BCUT2D eigenvalue weighted by Gasteiger charge is -2.04. The summed E-state index contributed by atoms with van der Waals surface area (Å²) in [6, 6.07) is 11.0. The zero-order valence-electron chi connectivity index (χ0n) is 14.7. The van der Waals surface area contributed by atoms with Crippen LogP contribution >= 0.6 is 0 Å². The van der Waals surface area contributed by atoms with Crippen LogP contribution in [0.5, 0.6) is 5.75 Å². The van der Waals surface area contributed by atoms with Crippen LogP contribution < -0.4 is 4.74 Å². The van der Waals surface area contributed by atoms with Gasteiger partial charge in [-0.2, -0.15) is 0 Å².